The lowest BCUT2D eigenvalue weighted by molar-refractivity contribution is 0.261. The predicted molar refractivity (Wildman–Crippen MR) is 110 cm³/mol. The van der Waals surface area contributed by atoms with E-state index in [9.17, 15) is 0 Å². The van der Waals surface area contributed by atoms with Crippen molar-refractivity contribution in [2.45, 2.75) is 44.1 Å². The zero-order valence-corrected chi connectivity index (χ0v) is 16.9. The fourth-order valence-corrected chi connectivity index (χ4v) is 5.22. The first-order chi connectivity index (χ1) is 14.7. The monoisotopic (exact) mass is 401 g/mol. The second kappa shape index (κ2) is 6.62. The van der Waals surface area contributed by atoms with Crippen molar-refractivity contribution in [2.75, 3.05) is 0 Å². The van der Waals surface area contributed by atoms with E-state index < -0.39 is 0 Å². The van der Waals surface area contributed by atoms with E-state index in [2.05, 4.69) is 26.3 Å². The molecule has 8 heteroatoms. The van der Waals surface area contributed by atoms with Crippen LogP contribution >= 0.6 is 0 Å². The summed E-state index contributed by atoms with van der Waals surface area (Å²) in [5.41, 5.74) is 3.06. The SMILES string of the molecule is Cn1ncnc1COc1nn2c(-c3ccccc3)nnc2cc1C12CCC(CC1)C2. The highest BCUT2D eigenvalue weighted by atomic mass is 16.5. The van der Waals surface area contributed by atoms with Crippen molar-refractivity contribution in [3.05, 3.63) is 54.1 Å². The van der Waals surface area contributed by atoms with Crippen LogP contribution in [0.25, 0.3) is 17.0 Å². The van der Waals surface area contributed by atoms with Gasteiger partial charge in [0.25, 0.3) is 0 Å². The fraction of sp³-hybridized carbons (Fsp3) is 0.409. The maximum Gasteiger partial charge on any atom is 0.236 e. The zero-order chi connectivity index (χ0) is 20.1. The maximum atomic E-state index is 6.28. The van der Waals surface area contributed by atoms with Crippen LogP contribution in [-0.4, -0.2) is 34.6 Å². The van der Waals surface area contributed by atoms with Crippen LogP contribution in [0.4, 0.5) is 0 Å². The molecule has 0 amide bonds. The molecule has 3 heterocycles. The zero-order valence-electron chi connectivity index (χ0n) is 16.9. The van der Waals surface area contributed by atoms with Gasteiger partial charge in [0.1, 0.15) is 12.9 Å². The number of aryl methyl sites for hydroxylation is 1. The van der Waals surface area contributed by atoms with Crippen LogP contribution < -0.4 is 4.74 Å². The van der Waals surface area contributed by atoms with E-state index in [1.165, 1.54) is 37.7 Å². The summed E-state index contributed by atoms with van der Waals surface area (Å²) < 4.78 is 9.80. The van der Waals surface area contributed by atoms with Crippen molar-refractivity contribution >= 4 is 5.65 Å². The molecule has 4 aromatic rings. The Bertz CT molecular complexity index is 1200. The molecule has 0 atom stereocenters. The molecule has 0 unspecified atom stereocenters. The van der Waals surface area contributed by atoms with Gasteiger partial charge in [-0.3, -0.25) is 4.68 Å². The summed E-state index contributed by atoms with van der Waals surface area (Å²) in [6.45, 7) is 0.324. The molecule has 2 aliphatic rings. The third kappa shape index (κ3) is 2.70. The fourth-order valence-electron chi connectivity index (χ4n) is 5.22. The molecule has 2 aliphatic carbocycles. The Morgan fingerprint density at radius 1 is 1.13 bits per heavy atom. The number of nitrogens with zero attached hydrogens (tertiary/aromatic N) is 7. The van der Waals surface area contributed by atoms with Gasteiger partial charge in [-0.05, 0) is 44.1 Å². The number of hydrogen-bond acceptors (Lipinski definition) is 6. The standard InChI is InChI=1S/C22H23N7O/c1-28-19(23-14-24-28)13-30-21-17(22-9-7-15(12-22)8-10-22)11-18-25-26-20(29(18)27-21)16-5-3-2-4-6-16/h2-6,11,14-15H,7-10,12-13H2,1H3. The number of fused-ring (bicyclic) bond motifs is 3. The van der Waals surface area contributed by atoms with E-state index in [1.54, 1.807) is 15.5 Å². The Labute approximate surface area is 173 Å². The lowest BCUT2D eigenvalue weighted by atomic mass is 9.78. The molecule has 8 nitrogen and oxygen atoms in total. The number of benzene rings is 1. The second-order valence-corrected chi connectivity index (χ2v) is 8.54. The van der Waals surface area contributed by atoms with Crippen LogP contribution in [0, 0.1) is 5.92 Å². The van der Waals surface area contributed by atoms with E-state index in [0.717, 1.165) is 23.0 Å². The molecule has 2 saturated carbocycles. The summed E-state index contributed by atoms with van der Waals surface area (Å²) in [7, 11) is 1.87. The van der Waals surface area contributed by atoms with E-state index in [1.807, 2.05) is 37.4 Å². The van der Waals surface area contributed by atoms with Gasteiger partial charge in [-0.2, -0.15) is 9.61 Å². The number of hydrogen-bond donors (Lipinski definition) is 0. The highest BCUT2D eigenvalue weighted by Gasteiger charge is 2.48. The van der Waals surface area contributed by atoms with Crippen LogP contribution in [-0.2, 0) is 19.1 Å². The minimum atomic E-state index is 0.146. The first-order valence-electron chi connectivity index (χ1n) is 10.5. The van der Waals surface area contributed by atoms with Crippen LogP contribution in [0.2, 0.25) is 0 Å². The van der Waals surface area contributed by atoms with Gasteiger partial charge in [0.2, 0.25) is 5.88 Å². The average molecular weight is 401 g/mol. The minimum absolute atomic E-state index is 0.146. The Hall–Kier alpha value is -3.29. The average Bonchev–Trinajstić information content (AvgIpc) is 3.56. The summed E-state index contributed by atoms with van der Waals surface area (Å²) in [6.07, 6.45) is 7.71. The molecule has 0 saturated heterocycles. The van der Waals surface area contributed by atoms with Crippen molar-refractivity contribution in [1.29, 1.82) is 0 Å². The highest BCUT2D eigenvalue weighted by molar-refractivity contribution is 5.60. The number of ether oxygens (including phenoxy) is 1. The van der Waals surface area contributed by atoms with Crippen LogP contribution in [0.15, 0.2) is 42.7 Å². The Morgan fingerprint density at radius 3 is 2.67 bits per heavy atom. The molecular weight excluding hydrogens is 378 g/mol. The molecule has 152 valence electrons. The molecule has 6 rings (SSSR count). The van der Waals surface area contributed by atoms with Gasteiger partial charge in [-0.15, -0.1) is 15.3 Å². The normalized spacial score (nSPS) is 22.8. The van der Waals surface area contributed by atoms with Gasteiger partial charge in [-0.25, -0.2) is 4.98 Å². The van der Waals surface area contributed by atoms with Gasteiger partial charge in [0, 0.05) is 23.6 Å². The van der Waals surface area contributed by atoms with Crippen molar-refractivity contribution in [2.24, 2.45) is 13.0 Å². The maximum absolute atomic E-state index is 6.28. The Kier molecular flexibility index (Phi) is 3.87. The summed E-state index contributed by atoms with van der Waals surface area (Å²) >= 11 is 0. The molecule has 0 aliphatic heterocycles. The molecule has 30 heavy (non-hydrogen) atoms. The molecule has 2 fully saturated rings. The van der Waals surface area contributed by atoms with Crippen LogP contribution in [0.5, 0.6) is 5.88 Å². The van der Waals surface area contributed by atoms with Gasteiger partial charge in [-0.1, -0.05) is 30.3 Å². The van der Waals surface area contributed by atoms with Crippen molar-refractivity contribution in [3.8, 4) is 17.3 Å². The number of aromatic nitrogens is 7. The van der Waals surface area contributed by atoms with E-state index in [4.69, 9.17) is 9.84 Å². The quantitative estimate of drug-likeness (QED) is 0.510. The number of rotatable bonds is 5. The molecule has 2 bridgehead atoms. The minimum Gasteiger partial charge on any atom is -0.468 e. The first-order valence-corrected chi connectivity index (χ1v) is 10.5. The predicted octanol–water partition coefficient (Wildman–Crippen LogP) is 3.33. The van der Waals surface area contributed by atoms with Gasteiger partial charge in [0.05, 0.1) is 0 Å². The van der Waals surface area contributed by atoms with Crippen molar-refractivity contribution in [1.82, 2.24) is 34.6 Å². The van der Waals surface area contributed by atoms with Crippen LogP contribution in [0.1, 0.15) is 43.5 Å². The first kappa shape index (κ1) is 17.6. The largest absolute Gasteiger partial charge is 0.468 e. The molecule has 1 aromatic carbocycles. The lowest BCUT2D eigenvalue weighted by Gasteiger charge is -2.28. The van der Waals surface area contributed by atoms with E-state index >= 15 is 0 Å². The molecule has 3 aromatic heterocycles. The van der Waals surface area contributed by atoms with Gasteiger partial charge >= 0.3 is 0 Å². The van der Waals surface area contributed by atoms with Crippen LogP contribution in [0.3, 0.4) is 0 Å². The smallest absolute Gasteiger partial charge is 0.236 e. The van der Waals surface area contributed by atoms with Gasteiger partial charge < -0.3 is 4.74 Å². The topological polar surface area (TPSA) is 83.0 Å². The molecule has 0 spiro atoms. The van der Waals surface area contributed by atoms with Gasteiger partial charge in [0.15, 0.2) is 17.3 Å². The lowest BCUT2D eigenvalue weighted by Crippen LogP contribution is -2.22. The molecular formula is C22H23N7O. The van der Waals surface area contributed by atoms with Crippen molar-refractivity contribution in [3.63, 3.8) is 0 Å². The molecule has 0 N–H and O–H groups in total. The third-order valence-corrected chi connectivity index (χ3v) is 6.85. The Balaban J connectivity index is 1.47. The van der Waals surface area contributed by atoms with Crippen molar-refractivity contribution < 1.29 is 4.74 Å². The summed E-state index contributed by atoms with van der Waals surface area (Å²) in [6, 6.07) is 12.2. The van der Waals surface area contributed by atoms with E-state index in [-0.39, 0.29) is 5.41 Å². The summed E-state index contributed by atoms with van der Waals surface area (Å²) in [5.74, 6) is 2.97. The molecule has 0 radical (unpaired) electrons. The highest BCUT2D eigenvalue weighted by Crippen LogP contribution is 2.57. The van der Waals surface area contributed by atoms with E-state index in [0.29, 0.717) is 18.3 Å². The second-order valence-electron chi connectivity index (χ2n) is 8.54. The summed E-state index contributed by atoms with van der Waals surface area (Å²) in [5, 5.41) is 17.9. The Morgan fingerprint density at radius 2 is 1.97 bits per heavy atom. The summed E-state index contributed by atoms with van der Waals surface area (Å²) in [4.78, 5) is 4.29. The third-order valence-electron chi connectivity index (χ3n) is 6.85.